The molecule has 7 heteroatoms. The Morgan fingerprint density at radius 3 is 2.57 bits per heavy atom. The second kappa shape index (κ2) is 7.96. The van der Waals surface area contributed by atoms with Crippen molar-refractivity contribution in [3.05, 3.63) is 35.4 Å². The number of ether oxygens (including phenoxy) is 1. The average Bonchev–Trinajstić information content (AvgIpc) is 3.37. The SMILES string of the molecule is CCOC(=O)C(C)(C[C@H]1CC(c2ccc(C#CC3CC3)cc2)=NO1)S(C)(=O)=O. The molecular formula is C21H25NO5S. The summed E-state index contributed by atoms with van der Waals surface area (Å²) in [5.41, 5.74) is 2.58. The first kappa shape index (κ1) is 20.4. The predicted octanol–water partition coefficient (Wildman–Crippen LogP) is 2.70. The lowest BCUT2D eigenvalue weighted by molar-refractivity contribution is -0.146. The van der Waals surface area contributed by atoms with E-state index < -0.39 is 26.7 Å². The smallest absolute Gasteiger partial charge is 0.327 e. The molecule has 0 saturated heterocycles. The zero-order valence-corrected chi connectivity index (χ0v) is 17.2. The van der Waals surface area contributed by atoms with Crippen molar-refractivity contribution in [2.45, 2.75) is 50.4 Å². The maximum Gasteiger partial charge on any atom is 0.327 e. The van der Waals surface area contributed by atoms with Crippen LogP contribution in [0.15, 0.2) is 29.4 Å². The normalized spacial score (nSPS) is 21.0. The Bertz CT molecular complexity index is 935. The van der Waals surface area contributed by atoms with Gasteiger partial charge in [0, 0.05) is 30.6 Å². The third-order valence-corrected chi connectivity index (χ3v) is 7.06. The number of hydrogen-bond donors (Lipinski definition) is 0. The number of carbonyl (C=O) groups excluding carboxylic acids is 1. The number of nitrogens with zero attached hydrogens (tertiary/aromatic N) is 1. The molecule has 1 fully saturated rings. The summed E-state index contributed by atoms with van der Waals surface area (Å²) in [5.74, 6) is 6.19. The Kier molecular flexibility index (Phi) is 5.80. The first-order valence-corrected chi connectivity index (χ1v) is 11.3. The fourth-order valence-electron chi connectivity index (χ4n) is 2.97. The van der Waals surface area contributed by atoms with Crippen LogP contribution >= 0.6 is 0 Å². The standard InChI is InChI=1S/C21H25NO5S/c1-4-26-20(23)21(2,28(3,24)25)14-18-13-19(22-27-18)17-11-9-16(10-12-17)8-7-15-5-6-15/h9-12,15,18H,4-6,13-14H2,1-3H3/t18-,21?/m1/s1. The Hall–Kier alpha value is -2.33. The molecule has 1 heterocycles. The van der Waals surface area contributed by atoms with Crippen LogP contribution in [0.3, 0.4) is 0 Å². The molecule has 0 spiro atoms. The predicted molar refractivity (Wildman–Crippen MR) is 107 cm³/mol. The van der Waals surface area contributed by atoms with Crippen LogP contribution in [-0.4, -0.2) is 43.8 Å². The van der Waals surface area contributed by atoms with Gasteiger partial charge in [0.2, 0.25) is 0 Å². The van der Waals surface area contributed by atoms with Crippen molar-refractivity contribution in [3.8, 4) is 11.8 Å². The Morgan fingerprint density at radius 1 is 1.32 bits per heavy atom. The molecule has 0 N–H and O–H groups in total. The molecule has 1 unspecified atom stereocenters. The van der Waals surface area contributed by atoms with Crippen molar-refractivity contribution >= 4 is 21.5 Å². The molecular weight excluding hydrogens is 378 g/mol. The number of benzene rings is 1. The highest BCUT2D eigenvalue weighted by Crippen LogP contribution is 2.30. The van der Waals surface area contributed by atoms with Crippen molar-refractivity contribution in [3.63, 3.8) is 0 Å². The summed E-state index contributed by atoms with van der Waals surface area (Å²) < 4.78 is 27.8. The van der Waals surface area contributed by atoms with E-state index in [-0.39, 0.29) is 13.0 Å². The van der Waals surface area contributed by atoms with E-state index in [1.165, 1.54) is 19.8 Å². The molecule has 150 valence electrons. The molecule has 28 heavy (non-hydrogen) atoms. The van der Waals surface area contributed by atoms with Crippen molar-refractivity contribution in [2.75, 3.05) is 12.9 Å². The first-order chi connectivity index (χ1) is 13.2. The number of hydrogen-bond acceptors (Lipinski definition) is 6. The van der Waals surface area contributed by atoms with Gasteiger partial charge in [-0.25, -0.2) is 8.42 Å². The topological polar surface area (TPSA) is 82.0 Å². The van der Waals surface area contributed by atoms with Crippen molar-refractivity contribution in [1.29, 1.82) is 0 Å². The van der Waals surface area contributed by atoms with E-state index in [4.69, 9.17) is 9.57 Å². The van der Waals surface area contributed by atoms with Crippen LogP contribution in [0.2, 0.25) is 0 Å². The Labute approximate surface area is 166 Å². The summed E-state index contributed by atoms with van der Waals surface area (Å²) in [6.45, 7) is 3.15. The summed E-state index contributed by atoms with van der Waals surface area (Å²) in [6, 6.07) is 7.75. The van der Waals surface area contributed by atoms with Gasteiger partial charge in [-0.15, -0.1) is 0 Å². The molecule has 1 saturated carbocycles. The lowest BCUT2D eigenvalue weighted by atomic mass is 9.97. The van der Waals surface area contributed by atoms with Crippen LogP contribution in [0.5, 0.6) is 0 Å². The molecule has 1 aliphatic carbocycles. The number of sulfone groups is 1. The maximum absolute atomic E-state index is 12.3. The minimum Gasteiger partial charge on any atom is -0.465 e. The number of rotatable bonds is 6. The highest BCUT2D eigenvalue weighted by atomic mass is 32.2. The van der Waals surface area contributed by atoms with E-state index in [0.717, 1.165) is 23.1 Å². The molecule has 2 atom stereocenters. The molecule has 1 aliphatic heterocycles. The minimum absolute atomic E-state index is 0.0113. The molecule has 0 aromatic heterocycles. The van der Waals surface area contributed by atoms with Gasteiger partial charge in [-0.1, -0.05) is 29.1 Å². The first-order valence-electron chi connectivity index (χ1n) is 9.44. The monoisotopic (exact) mass is 403 g/mol. The lowest BCUT2D eigenvalue weighted by Gasteiger charge is -2.27. The summed E-state index contributed by atoms with van der Waals surface area (Å²) in [6.07, 6.45) is 3.34. The third-order valence-electron chi connectivity index (χ3n) is 5.09. The van der Waals surface area contributed by atoms with E-state index in [1.807, 2.05) is 24.3 Å². The van der Waals surface area contributed by atoms with Gasteiger partial charge in [0.15, 0.2) is 14.6 Å². The van der Waals surface area contributed by atoms with E-state index in [2.05, 4.69) is 17.0 Å². The van der Waals surface area contributed by atoms with Gasteiger partial charge in [0.05, 0.1) is 12.3 Å². The molecule has 2 aliphatic rings. The van der Waals surface area contributed by atoms with E-state index in [1.54, 1.807) is 6.92 Å². The van der Waals surface area contributed by atoms with Crippen LogP contribution in [0.1, 0.15) is 50.7 Å². The lowest BCUT2D eigenvalue weighted by Crippen LogP contribution is -2.47. The fraction of sp³-hybridized carbons (Fsp3) is 0.524. The molecule has 0 amide bonds. The Morgan fingerprint density at radius 2 is 2.00 bits per heavy atom. The van der Waals surface area contributed by atoms with Crippen molar-refractivity contribution in [2.24, 2.45) is 11.1 Å². The van der Waals surface area contributed by atoms with Crippen LogP contribution in [0.25, 0.3) is 0 Å². The molecule has 1 aromatic carbocycles. The van der Waals surface area contributed by atoms with Gasteiger partial charge in [0.1, 0.15) is 6.10 Å². The van der Waals surface area contributed by atoms with E-state index >= 15 is 0 Å². The quantitative estimate of drug-likeness (QED) is 0.539. The van der Waals surface area contributed by atoms with E-state index in [0.29, 0.717) is 12.3 Å². The highest BCUT2D eigenvalue weighted by Gasteiger charge is 2.48. The molecule has 6 nitrogen and oxygen atoms in total. The average molecular weight is 404 g/mol. The molecule has 0 bridgehead atoms. The second-order valence-corrected chi connectivity index (χ2v) is 9.96. The summed E-state index contributed by atoms with van der Waals surface area (Å²) in [4.78, 5) is 17.7. The maximum atomic E-state index is 12.3. The number of oxime groups is 1. The van der Waals surface area contributed by atoms with Gasteiger partial charge in [0.25, 0.3) is 0 Å². The van der Waals surface area contributed by atoms with Crippen LogP contribution in [-0.2, 0) is 24.2 Å². The van der Waals surface area contributed by atoms with Crippen LogP contribution in [0, 0.1) is 17.8 Å². The van der Waals surface area contributed by atoms with Gasteiger partial charge in [-0.3, -0.25) is 4.79 Å². The van der Waals surface area contributed by atoms with Crippen molar-refractivity contribution in [1.82, 2.24) is 0 Å². The third kappa shape index (κ3) is 4.56. The Balaban J connectivity index is 1.66. The van der Waals surface area contributed by atoms with Gasteiger partial charge in [-0.2, -0.15) is 0 Å². The van der Waals surface area contributed by atoms with Crippen molar-refractivity contribution < 1.29 is 22.8 Å². The van der Waals surface area contributed by atoms with Gasteiger partial charge < -0.3 is 9.57 Å². The van der Waals surface area contributed by atoms with Crippen LogP contribution in [0.4, 0.5) is 0 Å². The fourth-order valence-corrected chi connectivity index (χ4v) is 3.82. The van der Waals surface area contributed by atoms with Gasteiger partial charge >= 0.3 is 5.97 Å². The van der Waals surface area contributed by atoms with E-state index in [9.17, 15) is 13.2 Å². The zero-order chi connectivity index (χ0) is 20.4. The zero-order valence-electron chi connectivity index (χ0n) is 16.4. The molecule has 3 rings (SSSR count). The molecule has 1 aromatic rings. The number of carbonyl (C=O) groups is 1. The second-order valence-electron chi connectivity index (χ2n) is 7.52. The number of esters is 1. The summed E-state index contributed by atoms with van der Waals surface area (Å²) in [7, 11) is -3.69. The van der Waals surface area contributed by atoms with Crippen LogP contribution < -0.4 is 0 Å². The molecule has 0 radical (unpaired) electrons. The largest absolute Gasteiger partial charge is 0.465 e. The van der Waals surface area contributed by atoms with Gasteiger partial charge in [-0.05, 0) is 44.4 Å². The minimum atomic E-state index is -3.69. The summed E-state index contributed by atoms with van der Waals surface area (Å²) >= 11 is 0. The highest BCUT2D eigenvalue weighted by molar-refractivity contribution is 7.92. The summed E-state index contributed by atoms with van der Waals surface area (Å²) in [5, 5.41) is 4.11.